The molecule has 24 heavy (non-hydrogen) atoms. The second-order valence-electron chi connectivity index (χ2n) is 5.99. The van der Waals surface area contributed by atoms with Crippen molar-refractivity contribution in [1.82, 2.24) is 9.97 Å². The molecule has 1 aliphatic carbocycles. The monoisotopic (exact) mass is 342 g/mol. The first kappa shape index (κ1) is 16.8. The number of anilines is 2. The molecule has 0 bridgehead atoms. The Labute approximate surface area is 146 Å². The predicted octanol–water partition coefficient (Wildman–Crippen LogP) is 4.11. The van der Waals surface area contributed by atoms with Gasteiger partial charge in [0.2, 0.25) is 5.91 Å². The lowest BCUT2D eigenvalue weighted by Crippen LogP contribution is -2.12. The van der Waals surface area contributed by atoms with Crippen LogP contribution in [0.15, 0.2) is 40.4 Å². The molecule has 3 rings (SSSR count). The number of aryl methyl sites for hydroxylation is 1. The highest BCUT2D eigenvalue weighted by molar-refractivity contribution is 7.99. The summed E-state index contributed by atoms with van der Waals surface area (Å²) in [5, 5.41) is 6.97. The molecule has 0 radical (unpaired) electrons. The Morgan fingerprint density at radius 3 is 2.67 bits per heavy atom. The lowest BCUT2D eigenvalue weighted by Gasteiger charge is -2.08. The molecule has 1 fully saturated rings. The van der Waals surface area contributed by atoms with Gasteiger partial charge in [-0.05, 0) is 62.2 Å². The van der Waals surface area contributed by atoms with Gasteiger partial charge in [-0.15, -0.1) is 0 Å². The van der Waals surface area contributed by atoms with Gasteiger partial charge in [0.15, 0.2) is 5.16 Å². The Hall–Kier alpha value is -2.08. The smallest absolute Gasteiger partial charge is 0.227 e. The summed E-state index contributed by atoms with van der Waals surface area (Å²) >= 11 is 1.52. The highest BCUT2D eigenvalue weighted by Crippen LogP contribution is 2.31. The van der Waals surface area contributed by atoms with Gasteiger partial charge in [-0.2, -0.15) is 0 Å². The van der Waals surface area contributed by atoms with E-state index >= 15 is 0 Å². The number of nitrogens with zero attached hydrogens (tertiary/aromatic N) is 2. The molecule has 0 saturated heterocycles. The number of aromatic nitrogens is 2. The molecule has 126 valence electrons. The van der Waals surface area contributed by atoms with Crippen molar-refractivity contribution in [2.75, 3.05) is 17.2 Å². The summed E-state index contributed by atoms with van der Waals surface area (Å²) in [5.41, 5.74) is 1.78. The fourth-order valence-corrected chi connectivity index (χ4v) is 3.05. The van der Waals surface area contributed by atoms with Gasteiger partial charge in [0.25, 0.3) is 0 Å². The van der Waals surface area contributed by atoms with Crippen LogP contribution in [0.4, 0.5) is 11.5 Å². The molecular weight excluding hydrogens is 320 g/mol. The van der Waals surface area contributed by atoms with Crippen LogP contribution in [-0.4, -0.2) is 22.4 Å². The zero-order valence-electron chi connectivity index (χ0n) is 14.0. The molecular formula is C18H22N4OS. The fourth-order valence-electron chi connectivity index (χ4n) is 2.23. The molecule has 5 nitrogen and oxygen atoms in total. The molecule has 0 spiro atoms. The van der Waals surface area contributed by atoms with E-state index in [-0.39, 0.29) is 11.8 Å². The third-order valence-electron chi connectivity index (χ3n) is 3.67. The van der Waals surface area contributed by atoms with Crippen molar-refractivity contribution in [1.29, 1.82) is 0 Å². The van der Waals surface area contributed by atoms with E-state index in [1.807, 2.05) is 37.3 Å². The second-order valence-corrected chi connectivity index (χ2v) is 7.03. The van der Waals surface area contributed by atoms with Crippen molar-refractivity contribution in [3.8, 4) is 0 Å². The van der Waals surface area contributed by atoms with Gasteiger partial charge in [0.05, 0.1) is 0 Å². The molecule has 2 N–H and O–H groups in total. The van der Waals surface area contributed by atoms with Gasteiger partial charge in [0.1, 0.15) is 5.82 Å². The first-order valence-corrected chi connectivity index (χ1v) is 9.14. The summed E-state index contributed by atoms with van der Waals surface area (Å²) < 4.78 is 0. The summed E-state index contributed by atoms with van der Waals surface area (Å²) in [6.07, 6.45) is 3.08. The molecule has 0 unspecified atom stereocenters. The first-order chi connectivity index (χ1) is 11.6. The standard InChI is InChI=1S/C18H22N4OS/c1-3-10-19-16-11-12(2)20-18(22-16)24-15-8-6-14(7-9-15)21-17(23)13-4-5-13/h6-9,11,13H,3-5,10H2,1-2H3,(H,21,23)(H,19,20,22). The van der Waals surface area contributed by atoms with E-state index in [2.05, 4.69) is 27.5 Å². The third-order valence-corrected chi connectivity index (χ3v) is 4.54. The summed E-state index contributed by atoms with van der Waals surface area (Å²) in [6.45, 7) is 5.00. The highest BCUT2D eigenvalue weighted by atomic mass is 32.2. The number of carbonyl (C=O) groups is 1. The van der Waals surface area contributed by atoms with Crippen molar-refractivity contribution < 1.29 is 4.79 Å². The molecule has 1 aromatic heterocycles. The van der Waals surface area contributed by atoms with E-state index in [1.165, 1.54) is 11.8 Å². The predicted molar refractivity (Wildman–Crippen MR) is 97.5 cm³/mol. The molecule has 1 heterocycles. The minimum Gasteiger partial charge on any atom is -0.370 e. The SMILES string of the molecule is CCCNc1cc(C)nc(Sc2ccc(NC(=O)C3CC3)cc2)n1. The number of benzene rings is 1. The zero-order chi connectivity index (χ0) is 16.9. The summed E-state index contributed by atoms with van der Waals surface area (Å²) in [5.74, 6) is 1.21. The molecule has 6 heteroatoms. The van der Waals surface area contributed by atoms with Crippen LogP contribution in [0.1, 0.15) is 31.9 Å². The summed E-state index contributed by atoms with van der Waals surface area (Å²) in [6, 6.07) is 9.77. The quantitative estimate of drug-likeness (QED) is 0.741. The van der Waals surface area contributed by atoms with Gasteiger partial charge in [-0.25, -0.2) is 9.97 Å². The van der Waals surface area contributed by atoms with E-state index in [0.29, 0.717) is 0 Å². The molecule has 1 aromatic carbocycles. The van der Waals surface area contributed by atoms with Gasteiger partial charge in [0, 0.05) is 34.8 Å². The van der Waals surface area contributed by atoms with Crippen molar-refractivity contribution in [3.05, 3.63) is 36.0 Å². The number of hydrogen-bond acceptors (Lipinski definition) is 5. The minimum absolute atomic E-state index is 0.129. The number of carbonyl (C=O) groups excluding carboxylic acids is 1. The number of nitrogens with one attached hydrogen (secondary N) is 2. The van der Waals surface area contributed by atoms with Crippen molar-refractivity contribution in [2.24, 2.45) is 5.92 Å². The highest BCUT2D eigenvalue weighted by Gasteiger charge is 2.29. The van der Waals surface area contributed by atoms with Gasteiger partial charge in [-0.3, -0.25) is 4.79 Å². The lowest BCUT2D eigenvalue weighted by atomic mass is 10.3. The van der Waals surface area contributed by atoms with E-state index in [4.69, 9.17) is 0 Å². The largest absolute Gasteiger partial charge is 0.370 e. The Balaban J connectivity index is 1.64. The summed E-state index contributed by atoms with van der Waals surface area (Å²) in [7, 11) is 0. The second kappa shape index (κ2) is 7.66. The van der Waals surface area contributed by atoms with E-state index in [0.717, 1.165) is 53.1 Å². The fraction of sp³-hybridized carbons (Fsp3) is 0.389. The maximum atomic E-state index is 11.8. The molecule has 0 aliphatic heterocycles. The topological polar surface area (TPSA) is 66.9 Å². The van der Waals surface area contributed by atoms with Crippen LogP contribution in [0.2, 0.25) is 0 Å². The zero-order valence-corrected chi connectivity index (χ0v) is 14.8. The molecule has 1 aliphatic rings. The Morgan fingerprint density at radius 1 is 1.25 bits per heavy atom. The van der Waals surface area contributed by atoms with Crippen LogP contribution in [0.25, 0.3) is 0 Å². The van der Waals surface area contributed by atoms with Crippen molar-refractivity contribution >= 4 is 29.2 Å². The average molecular weight is 342 g/mol. The van der Waals surface area contributed by atoms with E-state index < -0.39 is 0 Å². The van der Waals surface area contributed by atoms with Gasteiger partial charge in [-0.1, -0.05) is 6.92 Å². The van der Waals surface area contributed by atoms with Gasteiger partial charge >= 0.3 is 0 Å². The van der Waals surface area contributed by atoms with E-state index in [1.54, 1.807) is 0 Å². The minimum atomic E-state index is 0.129. The summed E-state index contributed by atoms with van der Waals surface area (Å²) in [4.78, 5) is 21.8. The maximum absolute atomic E-state index is 11.8. The number of amides is 1. The van der Waals surface area contributed by atoms with Crippen LogP contribution in [0.5, 0.6) is 0 Å². The number of rotatable bonds is 7. The van der Waals surface area contributed by atoms with E-state index in [9.17, 15) is 4.79 Å². The molecule has 1 saturated carbocycles. The number of hydrogen-bond donors (Lipinski definition) is 2. The van der Waals surface area contributed by atoms with Crippen LogP contribution in [0, 0.1) is 12.8 Å². The Kier molecular flexibility index (Phi) is 5.35. The maximum Gasteiger partial charge on any atom is 0.227 e. The molecule has 2 aromatic rings. The lowest BCUT2D eigenvalue weighted by molar-refractivity contribution is -0.117. The van der Waals surface area contributed by atoms with Crippen LogP contribution < -0.4 is 10.6 Å². The van der Waals surface area contributed by atoms with Crippen molar-refractivity contribution in [2.45, 2.75) is 43.2 Å². The molecule has 1 amide bonds. The normalized spacial score (nSPS) is 13.6. The van der Waals surface area contributed by atoms with Gasteiger partial charge < -0.3 is 10.6 Å². The average Bonchev–Trinajstić information content (AvgIpc) is 3.39. The van der Waals surface area contributed by atoms with Crippen LogP contribution in [-0.2, 0) is 4.79 Å². The third kappa shape index (κ3) is 4.71. The Morgan fingerprint density at radius 2 is 2.00 bits per heavy atom. The Bertz CT molecular complexity index is 713. The van der Waals surface area contributed by atoms with Crippen LogP contribution in [0.3, 0.4) is 0 Å². The molecule has 0 atom stereocenters. The first-order valence-electron chi connectivity index (χ1n) is 8.32. The van der Waals surface area contributed by atoms with Crippen LogP contribution >= 0.6 is 11.8 Å². The van der Waals surface area contributed by atoms with Crippen molar-refractivity contribution in [3.63, 3.8) is 0 Å².